The molecule has 64 valence electrons. The minimum Gasteiger partial charge on any atom is -0.814 e. The van der Waals surface area contributed by atoms with Gasteiger partial charge >= 0.3 is 0 Å². The topological polar surface area (TPSA) is 35.4 Å². The van der Waals surface area contributed by atoms with E-state index < -0.39 is 8.96 Å². The van der Waals surface area contributed by atoms with Crippen LogP contribution in [0.2, 0.25) is 0 Å². The van der Waals surface area contributed by atoms with Crippen molar-refractivity contribution in [1.29, 1.82) is 0 Å². The van der Waals surface area contributed by atoms with Crippen LogP contribution < -0.4 is 4.89 Å². The van der Waals surface area contributed by atoms with Crippen molar-refractivity contribution in [2.45, 2.75) is 13.3 Å². The summed E-state index contributed by atoms with van der Waals surface area (Å²) in [6, 6.07) is 7.97. The summed E-state index contributed by atoms with van der Waals surface area (Å²) >= 11 is 0. The normalized spacial score (nSPS) is 11.8. The molecule has 12 heavy (non-hydrogen) atoms. The molecule has 2 nitrogen and oxygen atoms in total. The van der Waals surface area contributed by atoms with Crippen LogP contribution in [0.25, 0.3) is 0 Å². The van der Waals surface area contributed by atoms with Crippen LogP contribution in [-0.4, -0.2) is 6.21 Å². The zero-order valence-electron chi connectivity index (χ0n) is 6.95. The first-order valence-corrected chi connectivity index (χ1v) is 4.72. The summed E-state index contributed by atoms with van der Waals surface area (Å²) in [5.74, 6) is 0. The molecular weight excluding hydrogens is 169 g/mol. The van der Waals surface area contributed by atoms with E-state index in [1.54, 1.807) is 6.21 Å². The highest BCUT2D eigenvalue weighted by Crippen LogP contribution is 2.08. The number of benzene rings is 1. The molecule has 0 amide bonds. The van der Waals surface area contributed by atoms with Crippen molar-refractivity contribution >= 4 is 15.2 Å². The van der Waals surface area contributed by atoms with Gasteiger partial charge in [0.1, 0.15) is 0 Å². The molecule has 0 aliphatic heterocycles. The van der Waals surface area contributed by atoms with E-state index in [0.717, 1.165) is 12.0 Å². The Balaban J connectivity index is 2.89. The summed E-state index contributed by atoms with van der Waals surface area (Å²) in [4.78, 5) is 10.1. The largest absolute Gasteiger partial charge is 0.814 e. The van der Waals surface area contributed by atoms with Gasteiger partial charge in [0.15, 0.2) is 0 Å². The van der Waals surface area contributed by atoms with Crippen LogP contribution in [-0.2, 0) is 6.42 Å². The molecule has 0 fully saturated rings. The van der Waals surface area contributed by atoms with Gasteiger partial charge in [0, 0.05) is 6.21 Å². The molecule has 1 aromatic carbocycles. The standard InChI is InChI=1S/C9H11NOP/c1-2-8-5-3-4-6-9(8)7-10-12-11/h3-7,12H,2H2,1H3/q-1. The summed E-state index contributed by atoms with van der Waals surface area (Å²) in [5, 5.41) is 0. The molecule has 0 saturated carbocycles. The van der Waals surface area contributed by atoms with Gasteiger partial charge in [0.05, 0.1) is 0 Å². The number of aryl methyl sites for hydroxylation is 1. The van der Waals surface area contributed by atoms with Crippen LogP contribution in [0.5, 0.6) is 0 Å². The third-order valence-corrected chi connectivity index (χ3v) is 1.93. The number of nitrogens with zero attached hydrogens (tertiary/aromatic N) is 1. The Morgan fingerprint density at radius 1 is 1.50 bits per heavy atom. The summed E-state index contributed by atoms with van der Waals surface area (Å²) in [5.41, 5.74) is 2.29. The second-order valence-electron chi connectivity index (χ2n) is 2.40. The van der Waals surface area contributed by atoms with Gasteiger partial charge < -0.3 is 4.89 Å². The minimum atomic E-state index is -0.599. The lowest BCUT2D eigenvalue weighted by Gasteiger charge is -2.01. The van der Waals surface area contributed by atoms with Crippen LogP contribution in [0.4, 0.5) is 0 Å². The first-order chi connectivity index (χ1) is 5.88. The number of hydrogen-bond donors (Lipinski definition) is 0. The lowest BCUT2D eigenvalue weighted by molar-refractivity contribution is -0.150. The fourth-order valence-electron chi connectivity index (χ4n) is 1.08. The van der Waals surface area contributed by atoms with Crippen LogP contribution in [0.1, 0.15) is 18.1 Å². The van der Waals surface area contributed by atoms with Crippen molar-refractivity contribution in [2.75, 3.05) is 0 Å². The Labute approximate surface area is 74.3 Å². The second-order valence-corrected chi connectivity index (χ2v) is 2.84. The van der Waals surface area contributed by atoms with Crippen LogP contribution in [0.3, 0.4) is 0 Å². The monoisotopic (exact) mass is 180 g/mol. The van der Waals surface area contributed by atoms with E-state index in [4.69, 9.17) is 0 Å². The predicted octanol–water partition coefficient (Wildman–Crippen LogP) is 1.54. The summed E-state index contributed by atoms with van der Waals surface area (Å²) in [6.45, 7) is 2.09. The van der Waals surface area contributed by atoms with E-state index in [1.165, 1.54) is 5.56 Å². The van der Waals surface area contributed by atoms with Gasteiger partial charge in [0.25, 0.3) is 0 Å². The van der Waals surface area contributed by atoms with Crippen LogP contribution in [0.15, 0.2) is 29.0 Å². The Morgan fingerprint density at radius 2 is 2.25 bits per heavy atom. The maximum absolute atomic E-state index is 10.1. The third kappa shape index (κ3) is 2.40. The minimum absolute atomic E-state index is 0.599. The Bertz CT molecular complexity index is 273. The highest BCUT2D eigenvalue weighted by Gasteiger charge is 1.93. The Kier molecular flexibility index (Phi) is 3.92. The lowest BCUT2D eigenvalue weighted by Crippen LogP contribution is -1.89. The smallest absolute Gasteiger partial charge is 0.0313 e. The maximum Gasteiger partial charge on any atom is 0.0313 e. The van der Waals surface area contributed by atoms with Gasteiger partial charge in [-0.05, 0) is 17.5 Å². The van der Waals surface area contributed by atoms with Gasteiger partial charge in [-0.25, -0.2) is 0 Å². The molecular formula is C9H11NOP-. The van der Waals surface area contributed by atoms with Crippen molar-refractivity contribution < 1.29 is 4.89 Å². The molecule has 3 heteroatoms. The van der Waals surface area contributed by atoms with E-state index >= 15 is 0 Å². The van der Waals surface area contributed by atoms with E-state index in [-0.39, 0.29) is 0 Å². The molecule has 1 atom stereocenters. The average Bonchev–Trinajstić information content (AvgIpc) is 2.15. The zero-order valence-corrected chi connectivity index (χ0v) is 7.95. The van der Waals surface area contributed by atoms with Crippen molar-refractivity contribution in [3.63, 3.8) is 0 Å². The molecule has 0 bridgehead atoms. The fraction of sp³-hybridized carbons (Fsp3) is 0.222. The number of hydrogen-bond acceptors (Lipinski definition) is 2. The van der Waals surface area contributed by atoms with Crippen LogP contribution >= 0.6 is 8.96 Å². The molecule has 1 aromatic rings. The van der Waals surface area contributed by atoms with Gasteiger partial charge in [-0.3, -0.25) is 4.76 Å². The highest BCUT2D eigenvalue weighted by atomic mass is 31.1. The van der Waals surface area contributed by atoms with Gasteiger partial charge in [-0.1, -0.05) is 40.1 Å². The lowest BCUT2D eigenvalue weighted by atomic mass is 10.1. The maximum atomic E-state index is 10.1. The van der Waals surface area contributed by atoms with Crippen molar-refractivity contribution in [3.8, 4) is 0 Å². The zero-order chi connectivity index (χ0) is 8.81. The fourth-order valence-corrected chi connectivity index (χ4v) is 1.27. The van der Waals surface area contributed by atoms with E-state index in [1.807, 2.05) is 18.2 Å². The van der Waals surface area contributed by atoms with Crippen LogP contribution in [0, 0.1) is 0 Å². The van der Waals surface area contributed by atoms with Crippen molar-refractivity contribution in [3.05, 3.63) is 35.4 Å². The Morgan fingerprint density at radius 3 is 2.92 bits per heavy atom. The van der Waals surface area contributed by atoms with Gasteiger partial charge in [0.2, 0.25) is 0 Å². The number of rotatable bonds is 3. The Hall–Kier alpha value is -0.720. The van der Waals surface area contributed by atoms with Crippen molar-refractivity contribution in [2.24, 2.45) is 4.76 Å². The molecule has 0 N–H and O–H groups in total. The van der Waals surface area contributed by atoms with E-state index in [9.17, 15) is 4.89 Å². The molecule has 0 aliphatic rings. The summed E-state index contributed by atoms with van der Waals surface area (Å²) in [7, 11) is -0.599. The second kappa shape index (κ2) is 5.02. The first kappa shape index (κ1) is 9.37. The molecule has 1 rings (SSSR count). The molecule has 0 spiro atoms. The molecule has 1 unspecified atom stereocenters. The van der Waals surface area contributed by atoms with Crippen molar-refractivity contribution in [1.82, 2.24) is 0 Å². The van der Waals surface area contributed by atoms with Gasteiger partial charge in [-0.15, -0.1) is 0 Å². The molecule has 0 heterocycles. The van der Waals surface area contributed by atoms with Gasteiger partial charge in [-0.2, -0.15) is 0 Å². The predicted molar refractivity (Wildman–Crippen MR) is 51.7 cm³/mol. The SMILES string of the molecule is CCc1ccccc1C=NP[O-]. The third-order valence-electron chi connectivity index (χ3n) is 1.69. The first-order valence-electron chi connectivity index (χ1n) is 3.86. The summed E-state index contributed by atoms with van der Waals surface area (Å²) < 4.78 is 3.70. The molecule has 0 radical (unpaired) electrons. The summed E-state index contributed by atoms with van der Waals surface area (Å²) in [6.07, 6.45) is 2.63. The van der Waals surface area contributed by atoms with E-state index in [2.05, 4.69) is 17.8 Å². The van der Waals surface area contributed by atoms with E-state index in [0.29, 0.717) is 0 Å². The average molecular weight is 180 g/mol. The molecule has 0 aromatic heterocycles. The quantitative estimate of drug-likeness (QED) is 0.513. The molecule has 0 aliphatic carbocycles. The molecule has 0 saturated heterocycles. The highest BCUT2D eigenvalue weighted by molar-refractivity contribution is 7.28.